The molecular formula is C10H20N2O. The third-order valence-electron chi connectivity index (χ3n) is 3.30. The monoisotopic (exact) mass is 184 g/mol. The number of rotatable bonds is 2. The van der Waals surface area contributed by atoms with E-state index in [1.807, 2.05) is 0 Å². The molecule has 3 heteroatoms. The highest BCUT2D eigenvalue weighted by Crippen LogP contribution is 2.17. The molecule has 0 spiro atoms. The van der Waals surface area contributed by atoms with Gasteiger partial charge in [-0.3, -0.25) is 4.90 Å². The molecule has 0 bridgehead atoms. The van der Waals surface area contributed by atoms with E-state index in [9.17, 15) is 0 Å². The summed E-state index contributed by atoms with van der Waals surface area (Å²) in [4.78, 5) is 5.14. The zero-order chi connectivity index (χ0) is 9.26. The molecule has 0 aromatic carbocycles. The third-order valence-corrected chi connectivity index (χ3v) is 3.30. The first-order chi connectivity index (χ1) is 6.31. The van der Waals surface area contributed by atoms with E-state index in [0.29, 0.717) is 12.1 Å². The van der Waals surface area contributed by atoms with Gasteiger partial charge in [0.15, 0.2) is 0 Å². The fourth-order valence-electron chi connectivity index (χ4n) is 2.29. The van der Waals surface area contributed by atoms with Gasteiger partial charge in [-0.2, -0.15) is 0 Å². The second-order valence-electron chi connectivity index (χ2n) is 4.17. The predicted octanol–water partition coefficient (Wildman–Crippen LogP) is 0.411. The van der Waals surface area contributed by atoms with Gasteiger partial charge >= 0.3 is 0 Å². The van der Waals surface area contributed by atoms with Crippen LogP contribution < -0.4 is 0 Å². The molecule has 0 saturated carbocycles. The zero-order valence-electron chi connectivity index (χ0n) is 8.70. The summed E-state index contributed by atoms with van der Waals surface area (Å²) in [7, 11) is 0. The van der Waals surface area contributed by atoms with Crippen LogP contribution in [0.1, 0.15) is 13.8 Å². The number of hydrogen-bond donors (Lipinski definition) is 0. The van der Waals surface area contributed by atoms with E-state index in [0.717, 1.165) is 13.2 Å². The van der Waals surface area contributed by atoms with Gasteiger partial charge < -0.3 is 9.64 Å². The van der Waals surface area contributed by atoms with Crippen LogP contribution in [0.3, 0.4) is 0 Å². The summed E-state index contributed by atoms with van der Waals surface area (Å²) in [6.45, 7) is 11.4. The molecule has 2 aliphatic heterocycles. The second kappa shape index (κ2) is 3.95. The highest BCUT2D eigenvalue weighted by Gasteiger charge is 2.32. The lowest BCUT2D eigenvalue weighted by atomic mass is 10.1. The number of hydrogen-bond acceptors (Lipinski definition) is 3. The lowest BCUT2D eigenvalue weighted by Crippen LogP contribution is -2.60. The van der Waals surface area contributed by atoms with Gasteiger partial charge in [-0.1, -0.05) is 6.92 Å². The maximum atomic E-state index is 5.23. The molecule has 0 aromatic heterocycles. The van der Waals surface area contributed by atoms with Crippen molar-refractivity contribution in [2.45, 2.75) is 25.9 Å². The van der Waals surface area contributed by atoms with Crippen LogP contribution in [0.2, 0.25) is 0 Å². The molecule has 76 valence electrons. The average molecular weight is 184 g/mol. The van der Waals surface area contributed by atoms with Crippen molar-refractivity contribution in [1.82, 2.24) is 9.80 Å². The van der Waals surface area contributed by atoms with Crippen LogP contribution in [0.5, 0.6) is 0 Å². The van der Waals surface area contributed by atoms with Gasteiger partial charge in [-0.25, -0.2) is 0 Å². The summed E-state index contributed by atoms with van der Waals surface area (Å²) in [6.07, 6.45) is 0. The van der Waals surface area contributed by atoms with Crippen LogP contribution in [-0.2, 0) is 4.74 Å². The Morgan fingerprint density at radius 2 is 2.08 bits per heavy atom. The number of likely N-dealkylation sites (N-methyl/N-ethyl adjacent to an activating group) is 1. The molecule has 0 aromatic rings. The van der Waals surface area contributed by atoms with E-state index in [-0.39, 0.29) is 0 Å². The molecule has 2 rings (SSSR count). The number of piperazine rings is 1. The van der Waals surface area contributed by atoms with Crippen LogP contribution in [-0.4, -0.2) is 61.3 Å². The van der Waals surface area contributed by atoms with Crippen molar-refractivity contribution in [3.8, 4) is 0 Å². The molecular weight excluding hydrogens is 164 g/mol. The van der Waals surface area contributed by atoms with Crippen molar-refractivity contribution in [3.63, 3.8) is 0 Å². The first kappa shape index (κ1) is 9.44. The van der Waals surface area contributed by atoms with E-state index in [4.69, 9.17) is 4.74 Å². The lowest BCUT2D eigenvalue weighted by molar-refractivity contribution is -0.0928. The summed E-state index contributed by atoms with van der Waals surface area (Å²) in [5.74, 6) is 0. The lowest BCUT2D eigenvalue weighted by Gasteiger charge is -2.46. The van der Waals surface area contributed by atoms with Crippen molar-refractivity contribution in [2.75, 3.05) is 39.4 Å². The first-order valence-electron chi connectivity index (χ1n) is 5.37. The number of nitrogens with zero attached hydrogens (tertiary/aromatic N) is 2. The average Bonchev–Trinajstić information content (AvgIpc) is 2.05. The Labute approximate surface area is 80.6 Å². The highest BCUT2D eigenvalue weighted by molar-refractivity contribution is 4.86. The van der Waals surface area contributed by atoms with Crippen LogP contribution in [0.4, 0.5) is 0 Å². The molecule has 0 radical (unpaired) electrons. The SMILES string of the molecule is CCN1CCN(C2COC2)C(C)C1. The van der Waals surface area contributed by atoms with Crippen molar-refractivity contribution in [3.05, 3.63) is 0 Å². The van der Waals surface area contributed by atoms with E-state index in [1.54, 1.807) is 0 Å². The van der Waals surface area contributed by atoms with Crippen molar-refractivity contribution >= 4 is 0 Å². The minimum atomic E-state index is 0.711. The van der Waals surface area contributed by atoms with Gasteiger partial charge in [0.25, 0.3) is 0 Å². The standard InChI is InChI=1S/C10H20N2O/c1-3-11-4-5-12(9(2)6-11)10-7-13-8-10/h9-10H,3-8H2,1-2H3. The molecule has 2 heterocycles. The van der Waals surface area contributed by atoms with Crippen molar-refractivity contribution in [2.24, 2.45) is 0 Å². The van der Waals surface area contributed by atoms with Crippen LogP contribution in [0.15, 0.2) is 0 Å². The van der Waals surface area contributed by atoms with Crippen LogP contribution in [0, 0.1) is 0 Å². The van der Waals surface area contributed by atoms with Gasteiger partial charge in [0.1, 0.15) is 0 Å². The minimum Gasteiger partial charge on any atom is -0.378 e. The van der Waals surface area contributed by atoms with E-state index < -0.39 is 0 Å². The van der Waals surface area contributed by atoms with Crippen LogP contribution >= 0.6 is 0 Å². The fraction of sp³-hybridized carbons (Fsp3) is 1.00. The molecule has 2 saturated heterocycles. The zero-order valence-corrected chi connectivity index (χ0v) is 8.70. The molecule has 0 amide bonds. The Kier molecular flexibility index (Phi) is 2.86. The highest BCUT2D eigenvalue weighted by atomic mass is 16.5. The third kappa shape index (κ3) is 1.87. The molecule has 0 aliphatic carbocycles. The van der Waals surface area contributed by atoms with Gasteiger partial charge in [0.2, 0.25) is 0 Å². The Balaban J connectivity index is 1.85. The molecule has 2 aliphatic rings. The van der Waals surface area contributed by atoms with Gasteiger partial charge in [0, 0.05) is 25.7 Å². The molecule has 2 fully saturated rings. The molecule has 0 N–H and O–H groups in total. The van der Waals surface area contributed by atoms with E-state index in [1.165, 1.54) is 26.2 Å². The first-order valence-corrected chi connectivity index (χ1v) is 5.37. The Hall–Kier alpha value is -0.120. The van der Waals surface area contributed by atoms with Gasteiger partial charge in [-0.15, -0.1) is 0 Å². The van der Waals surface area contributed by atoms with E-state index >= 15 is 0 Å². The predicted molar refractivity (Wildman–Crippen MR) is 52.9 cm³/mol. The molecule has 13 heavy (non-hydrogen) atoms. The van der Waals surface area contributed by atoms with E-state index in [2.05, 4.69) is 23.6 Å². The Bertz CT molecular complexity index is 170. The smallest absolute Gasteiger partial charge is 0.0645 e. The minimum absolute atomic E-state index is 0.711. The van der Waals surface area contributed by atoms with Gasteiger partial charge in [0.05, 0.1) is 19.3 Å². The molecule has 1 unspecified atom stereocenters. The Morgan fingerprint density at radius 1 is 1.31 bits per heavy atom. The van der Waals surface area contributed by atoms with Gasteiger partial charge in [-0.05, 0) is 13.5 Å². The summed E-state index contributed by atoms with van der Waals surface area (Å²) >= 11 is 0. The van der Waals surface area contributed by atoms with Crippen molar-refractivity contribution in [1.29, 1.82) is 0 Å². The second-order valence-corrected chi connectivity index (χ2v) is 4.17. The quantitative estimate of drug-likeness (QED) is 0.618. The molecule has 1 atom stereocenters. The summed E-state index contributed by atoms with van der Waals surface area (Å²) in [5, 5.41) is 0. The fourth-order valence-corrected chi connectivity index (χ4v) is 2.29. The topological polar surface area (TPSA) is 15.7 Å². The maximum absolute atomic E-state index is 5.23. The summed E-state index contributed by atoms with van der Waals surface area (Å²) in [6, 6.07) is 1.43. The summed E-state index contributed by atoms with van der Waals surface area (Å²) < 4.78 is 5.23. The normalized spacial score (nSPS) is 33.2. The summed E-state index contributed by atoms with van der Waals surface area (Å²) in [5.41, 5.74) is 0. The number of ether oxygens (including phenoxy) is 1. The largest absolute Gasteiger partial charge is 0.378 e. The van der Waals surface area contributed by atoms with Crippen LogP contribution in [0.25, 0.3) is 0 Å². The molecule has 3 nitrogen and oxygen atoms in total. The maximum Gasteiger partial charge on any atom is 0.0645 e. The Morgan fingerprint density at radius 3 is 2.54 bits per heavy atom. The van der Waals surface area contributed by atoms with Crippen molar-refractivity contribution < 1.29 is 4.74 Å².